The highest BCUT2D eigenvalue weighted by molar-refractivity contribution is 6.02. The topological polar surface area (TPSA) is 65.0 Å². The van der Waals surface area contributed by atoms with Gasteiger partial charge in [0.15, 0.2) is 5.78 Å². The molecule has 0 spiro atoms. The van der Waals surface area contributed by atoms with Crippen molar-refractivity contribution in [2.45, 2.75) is 6.92 Å². The van der Waals surface area contributed by atoms with Gasteiger partial charge in [-0.3, -0.25) is 4.79 Å². The second kappa shape index (κ2) is 6.10. The van der Waals surface area contributed by atoms with Gasteiger partial charge in [-0.05, 0) is 6.92 Å². The molecular weight excluding hydrogens is 224 g/mol. The van der Waals surface area contributed by atoms with Crippen molar-refractivity contribution in [2.75, 3.05) is 27.4 Å². The second-order valence-electron chi connectivity index (χ2n) is 3.28. The number of carbonyl (C=O) groups excluding carboxylic acids is 1. The number of Topliss-reactive ketones (excluding diaryl/α,β-unsaturated/α-hetero) is 1. The third kappa shape index (κ3) is 3.10. The number of hydrogen-bond acceptors (Lipinski definition) is 5. The van der Waals surface area contributed by atoms with Crippen LogP contribution >= 0.6 is 0 Å². The van der Waals surface area contributed by atoms with Crippen molar-refractivity contribution in [2.24, 2.45) is 0 Å². The van der Waals surface area contributed by atoms with Crippen molar-refractivity contribution in [3.63, 3.8) is 0 Å². The Morgan fingerprint density at radius 3 is 2.53 bits per heavy atom. The minimum absolute atomic E-state index is 0.0905. The third-order valence-electron chi connectivity index (χ3n) is 2.23. The highest BCUT2D eigenvalue weighted by Crippen LogP contribution is 2.33. The van der Waals surface area contributed by atoms with Gasteiger partial charge < -0.3 is 19.3 Å². The first-order chi connectivity index (χ1) is 8.13. The van der Waals surface area contributed by atoms with Gasteiger partial charge in [0, 0.05) is 18.7 Å². The maximum atomic E-state index is 11.8. The largest absolute Gasteiger partial charge is 0.507 e. The number of ketones is 1. The first kappa shape index (κ1) is 13.3. The van der Waals surface area contributed by atoms with Gasteiger partial charge in [-0.15, -0.1) is 0 Å². The average molecular weight is 240 g/mol. The van der Waals surface area contributed by atoms with Gasteiger partial charge in [-0.2, -0.15) is 0 Å². The van der Waals surface area contributed by atoms with Crippen LogP contribution in [0.3, 0.4) is 0 Å². The zero-order chi connectivity index (χ0) is 12.8. The standard InChI is InChI=1S/C12H16O5/c1-4-17-7-10(14)12-9(13)5-8(15-2)6-11(12)16-3/h5-6,13H,4,7H2,1-3H3. The van der Waals surface area contributed by atoms with Crippen molar-refractivity contribution < 1.29 is 24.1 Å². The molecule has 5 heteroatoms. The fourth-order valence-electron chi connectivity index (χ4n) is 1.40. The fraction of sp³-hybridized carbons (Fsp3) is 0.417. The summed E-state index contributed by atoms with van der Waals surface area (Å²) in [6, 6.07) is 2.90. The fourth-order valence-corrected chi connectivity index (χ4v) is 1.40. The molecule has 0 saturated carbocycles. The molecule has 0 saturated heterocycles. The minimum Gasteiger partial charge on any atom is -0.507 e. The second-order valence-corrected chi connectivity index (χ2v) is 3.28. The number of benzene rings is 1. The molecule has 5 nitrogen and oxygen atoms in total. The Hall–Kier alpha value is -1.75. The average Bonchev–Trinajstić information content (AvgIpc) is 2.34. The molecular formula is C12H16O5. The molecule has 0 bridgehead atoms. The van der Waals surface area contributed by atoms with E-state index in [0.717, 1.165) is 0 Å². The molecule has 0 unspecified atom stereocenters. The van der Waals surface area contributed by atoms with E-state index in [0.29, 0.717) is 12.4 Å². The normalized spacial score (nSPS) is 10.1. The number of phenols is 1. The first-order valence-corrected chi connectivity index (χ1v) is 5.20. The van der Waals surface area contributed by atoms with E-state index >= 15 is 0 Å². The molecule has 0 aliphatic carbocycles. The smallest absolute Gasteiger partial charge is 0.195 e. The molecule has 0 atom stereocenters. The van der Waals surface area contributed by atoms with E-state index in [1.165, 1.54) is 20.3 Å². The van der Waals surface area contributed by atoms with Crippen LogP contribution < -0.4 is 9.47 Å². The van der Waals surface area contributed by atoms with Gasteiger partial charge >= 0.3 is 0 Å². The van der Waals surface area contributed by atoms with Gasteiger partial charge in [0.05, 0.1) is 14.2 Å². The van der Waals surface area contributed by atoms with Crippen LogP contribution in [0.5, 0.6) is 17.2 Å². The van der Waals surface area contributed by atoms with E-state index < -0.39 is 0 Å². The van der Waals surface area contributed by atoms with E-state index in [1.807, 2.05) is 0 Å². The summed E-state index contributed by atoms with van der Waals surface area (Å²) in [7, 11) is 2.89. The predicted octanol–water partition coefficient (Wildman–Crippen LogP) is 1.63. The Morgan fingerprint density at radius 2 is 2.00 bits per heavy atom. The Morgan fingerprint density at radius 1 is 1.29 bits per heavy atom. The maximum Gasteiger partial charge on any atom is 0.195 e. The summed E-state index contributed by atoms with van der Waals surface area (Å²) in [6.07, 6.45) is 0. The SMILES string of the molecule is CCOCC(=O)c1c(O)cc(OC)cc1OC. The summed E-state index contributed by atoms with van der Waals surface area (Å²) in [5.74, 6) is 0.189. The molecule has 0 radical (unpaired) electrons. The number of ether oxygens (including phenoxy) is 3. The monoisotopic (exact) mass is 240 g/mol. The van der Waals surface area contributed by atoms with Crippen molar-refractivity contribution >= 4 is 5.78 Å². The number of methoxy groups -OCH3 is 2. The van der Waals surface area contributed by atoms with Gasteiger partial charge in [0.1, 0.15) is 29.4 Å². The number of hydrogen-bond donors (Lipinski definition) is 1. The van der Waals surface area contributed by atoms with E-state index in [2.05, 4.69) is 0 Å². The Kier molecular flexibility index (Phi) is 4.78. The molecule has 0 fully saturated rings. The lowest BCUT2D eigenvalue weighted by atomic mass is 10.1. The molecule has 1 aromatic rings. The van der Waals surface area contributed by atoms with Crippen LogP contribution in [0.1, 0.15) is 17.3 Å². The molecule has 0 aliphatic heterocycles. The Bertz CT molecular complexity index is 400. The highest BCUT2D eigenvalue weighted by Gasteiger charge is 2.18. The van der Waals surface area contributed by atoms with Crippen LogP contribution in [0.15, 0.2) is 12.1 Å². The van der Waals surface area contributed by atoms with E-state index in [1.54, 1.807) is 13.0 Å². The molecule has 1 rings (SSSR count). The Balaban J connectivity index is 3.09. The number of rotatable bonds is 6. The molecule has 1 aromatic carbocycles. The van der Waals surface area contributed by atoms with Gasteiger partial charge in [-0.1, -0.05) is 0 Å². The summed E-state index contributed by atoms with van der Waals surface area (Å²) in [6.45, 7) is 2.14. The van der Waals surface area contributed by atoms with Gasteiger partial charge in [0.25, 0.3) is 0 Å². The summed E-state index contributed by atoms with van der Waals surface area (Å²) in [5, 5.41) is 9.77. The quantitative estimate of drug-likeness (QED) is 0.765. The lowest BCUT2D eigenvalue weighted by molar-refractivity contribution is 0.0777. The molecule has 94 valence electrons. The van der Waals surface area contributed by atoms with Crippen LogP contribution in [0.4, 0.5) is 0 Å². The summed E-state index contributed by atoms with van der Waals surface area (Å²) in [4.78, 5) is 11.8. The lowest BCUT2D eigenvalue weighted by Gasteiger charge is -2.11. The third-order valence-corrected chi connectivity index (χ3v) is 2.23. The van der Waals surface area contributed by atoms with Crippen LogP contribution in [-0.4, -0.2) is 38.3 Å². The summed E-state index contributed by atoms with van der Waals surface area (Å²) < 4.78 is 15.0. The lowest BCUT2D eigenvalue weighted by Crippen LogP contribution is -2.10. The minimum atomic E-state index is -0.330. The molecule has 1 N–H and O–H groups in total. The van der Waals surface area contributed by atoms with E-state index in [4.69, 9.17) is 14.2 Å². The Labute approximate surface area is 99.9 Å². The summed E-state index contributed by atoms with van der Waals surface area (Å²) in [5.41, 5.74) is 0.113. The molecule has 0 aliphatic rings. The van der Waals surface area contributed by atoms with Crippen LogP contribution in [0.2, 0.25) is 0 Å². The van der Waals surface area contributed by atoms with Crippen molar-refractivity contribution in [1.29, 1.82) is 0 Å². The van der Waals surface area contributed by atoms with Gasteiger partial charge in [-0.25, -0.2) is 0 Å². The van der Waals surface area contributed by atoms with E-state index in [-0.39, 0.29) is 29.5 Å². The molecule has 0 amide bonds. The highest BCUT2D eigenvalue weighted by atomic mass is 16.5. The maximum absolute atomic E-state index is 11.8. The number of phenolic OH excluding ortho intramolecular Hbond substituents is 1. The van der Waals surface area contributed by atoms with Crippen molar-refractivity contribution in [3.05, 3.63) is 17.7 Å². The molecule has 0 heterocycles. The molecule has 17 heavy (non-hydrogen) atoms. The van der Waals surface area contributed by atoms with Crippen molar-refractivity contribution in [3.8, 4) is 17.2 Å². The number of aromatic hydroxyl groups is 1. The predicted molar refractivity (Wildman–Crippen MR) is 62.0 cm³/mol. The zero-order valence-corrected chi connectivity index (χ0v) is 10.1. The van der Waals surface area contributed by atoms with E-state index in [9.17, 15) is 9.90 Å². The summed E-state index contributed by atoms with van der Waals surface area (Å²) >= 11 is 0. The van der Waals surface area contributed by atoms with Crippen LogP contribution in [0, 0.1) is 0 Å². The van der Waals surface area contributed by atoms with Crippen molar-refractivity contribution in [1.82, 2.24) is 0 Å². The first-order valence-electron chi connectivity index (χ1n) is 5.20. The zero-order valence-electron chi connectivity index (χ0n) is 10.1. The molecule has 0 aromatic heterocycles. The van der Waals surface area contributed by atoms with Gasteiger partial charge in [0.2, 0.25) is 0 Å². The van der Waals surface area contributed by atoms with Crippen LogP contribution in [-0.2, 0) is 4.74 Å². The van der Waals surface area contributed by atoms with Crippen LogP contribution in [0.25, 0.3) is 0 Å². The number of carbonyl (C=O) groups is 1.